The Labute approximate surface area is 165 Å². The van der Waals surface area contributed by atoms with Crippen molar-refractivity contribution >= 4 is 18.2 Å². The van der Waals surface area contributed by atoms with Crippen LogP contribution >= 0.6 is 12.2 Å². The Kier molecular flexibility index (Phi) is 6.62. The minimum Gasteiger partial charge on any atom is -0.378 e. The molecule has 1 N–H and O–H groups in total. The van der Waals surface area contributed by atoms with E-state index in [2.05, 4.69) is 30.4 Å². The van der Waals surface area contributed by atoms with Crippen LogP contribution in [0.1, 0.15) is 19.4 Å². The second-order valence-electron chi connectivity index (χ2n) is 7.61. The molecule has 1 unspecified atom stereocenters. The molecule has 3 rings (SSSR count). The molecule has 1 aromatic heterocycles. The molecule has 148 valence electrons. The van der Waals surface area contributed by atoms with Crippen LogP contribution in [0, 0.1) is 16.5 Å². The summed E-state index contributed by atoms with van der Waals surface area (Å²) >= 11 is 5.74. The quantitative estimate of drug-likeness (QED) is 0.726. The van der Waals surface area contributed by atoms with Crippen molar-refractivity contribution in [3.05, 3.63) is 40.4 Å². The fraction of sp³-hybridized carbons (Fsp3) is 0.579. The first-order chi connectivity index (χ1) is 12.9. The molecule has 2 aromatic rings. The fourth-order valence-electron chi connectivity index (χ4n) is 3.36. The number of rotatable bonds is 7. The first-order valence-electron chi connectivity index (χ1n) is 9.50. The highest BCUT2D eigenvalue weighted by Gasteiger charge is 2.21. The zero-order valence-corrected chi connectivity index (χ0v) is 17.1. The summed E-state index contributed by atoms with van der Waals surface area (Å²) in [6, 6.07) is 6.75. The van der Waals surface area contributed by atoms with Crippen LogP contribution in [0.3, 0.4) is 0 Å². The normalized spacial score (nSPS) is 16.1. The highest BCUT2D eigenvalue weighted by Crippen LogP contribution is 2.17. The van der Waals surface area contributed by atoms with Gasteiger partial charge in [0.05, 0.1) is 20.3 Å². The van der Waals surface area contributed by atoms with Crippen molar-refractivity contribution in [2.45, 2.75) is 33.6 Å². The van der Waals surface area contributed by atoms with Crippen molar-refractivity contribution in [2.75, 3.05) is 38.3 Å². The van der Waals surface area contributed by atoms with Gasteiger partial charge in [-0.05, 0) is 30.3 Å². The lowest BCUT2D eigenvalue weighted by Gasteiger charge is -2.28. The highest BCUT2D eigenvalue weighted by atomic mass is 32.1. The monoisotopic (exact) mass is 394 g/mol. The zero-order valence-electron chi connectivity index (χ0n) is 16.3. The topological polar surface area (TPSA) is 39.7 Å². The summed E-state index contributed by atoms with van der Waals surface area (Å²) in [5.74, 6) is 1.20. The number of nitrogens with zero attached hydrogens (tertiary/aromatic N) is 4. The van der Waals surface area contributed by atoms with E-state index in [-0.39, 0.29) is 5.82 Å². The maximum absolute atomic E-state index is 13.4. The summed E-state index contributed by atoms with van der Waals surface area (Å²) in [5.41, 5.74) is 0.967. The van der Waals surface area contributed by atoms with E-state index < -0.39 is 0 Å². The van der Waals surface area contributed by atoms with Crippen LogP contribution in [0.25, 0.3) is 0 Å². The molecule has 8 heteroatoms. The molecule has 1 aliphatic rings. The van der Waals surface area contributed by atoms with Gasteiger partial charge in [-0.2, -0.15) is 4.68 Å². The van der Waals surface area contributed by atoms with Crippen molar-refractivity contribution < 1.29 is 14.0 Å². The number of nitrogens with one attached hydrogen (secondary N) is 1. The fourth-order valence-corrected chi connectivity index (χ4v) is 3.62. The summed E-state index contributed by atoms with van der Waals surface area (Å²) in [6.07, 6.45) is 0. The number of quaternary nitrogens is 1. The summed E-state index contributed by atoms with van der Waals surface area (Å²) < 4.78 is 23.7. The number of ether oxygens (including phenoxy) is 1. The molecule has 0 bridgehead atoms. The molecular formula is C19H29FN5OS+. The zero-order chi connectivity index (χ0) is 19.4. The molecule has 0 radical (unpaired) electrons. The minimum atomic E-state index is -0.201. The highest BCUT2D eigenvalue weighted by molar-refractivity contribution is 7.71. The van der Waals surface area contributed by atoms with Crippen LogP contribution in [0.4, 0.5) is 10.3 Å². The average molecular weight is 395 g/mol. The van der Waals surface area contributed by atoms with Gasteiger partial charge in [0, 0.05) is 25.2 Å². The predicted octanol–water partition coefficient (Wildman–Crippen LogP) is 1.72. The first-order valence-corrected chi connectivity index (χ1v) is 9.91. The van der Waals surface area contributed by atoms with E-state index >= 15 is 0 Å². The minimum absolute atomic E-state index is 0.201. The van der Waals surface area contributed by atoms with Gasteiger partial charge in [0.1, 0.15) is 12.4 Å². The van der Waals surface area contributed by atoms with Crippen LogP contribution in [-0.2, 0) is 24.5 Å². The van der Waals surface area contributed by atoms with E-state index in [9.17, 15) is 4.39 Å². The lowest BCUT2D eigenvalue weighted by molar-refractivity contribution is -0.917. The smallest absolute Gasteiger partial charge is 0.226 e. The molecule has 1 aromatic carbocycles. The van der Waals surface area contributed by atoms with Gasteiger partial charge in [0.15, 0.2) is 6.67 Å². The van der Waals surface area contributed by atoms with Crippen molar-refractivity contribution in [1.29, 1.82) is 0 Å². The first kappa shape index (κ1) is 20.0. The van der Waals surface area contributed by atoms with Gasteiger partial charge >= 0.3 is 0 Å². The lowest BCUT2D eigenvalue weighted by atomic mass is 10.2. The predicted molar refractivity (Wildman–Crippen MR) is 106 cm³/mol. The van der Waals surface area contributed by atoms with E-state index in [1.54, 1.807) is 12.1 Å². The van der Waals surface area contributed by atoms with Crippen molar-refractivity contribution in [3.63, 3.8) is 0 Å². The standard InChI is InChI=1S/C19H28FN5OS/c1-15(2)12-24-18(23-7-9-26-10-8-23)21-25(19(24)27)14-22(3)13-16-5-4-6-17(20)11-16/h4-6,11,15H,7-10,12-14H2,1-3H3/p+1. The molecule has 6 nitrogen and oxygen atoms in total. The van der Waals surface area contributed by atoms with E-state index in [4.69, 9.17) is 22.1 Å². The Bertz CT molecular complexity index is 813. The largest absolute Gasteiger partial charge is 0.378 e. The maximum Gasteiger partial charge on any atom is 0.226 e. The van der Waals surface area contributed by atoms with E-state index in [1.165, 1.54) is 11.0 Å². The van der Waals surface area contributed by atoms with Crippen LogP contribution < -0.4 is 9.80 Å². The molecule has 1 saturated heterocycles. The Morgan fingerprint density at radius 1 is 1.30 bits per heavy atom. The number of aromatic nitrogens is 3. The third-order valence-corrected chi connectivity index (χ3v) is 4.99. The molecule has 1 aliphatic heterocycles. The summed E-state index contributed by atoms with van der Waals surface area (Å²) in [7, 11) is 2.07. The van der Waals surface area contributed by atoms with Gasteiger partial charge in [0.25, 0.3) is 0 Å². The number of hydrogen-bond donors (Lipinski definition) is 1. The molecule has 0 amide bonds. The lowest BCUT2D eigenvalue weighted by Crippen LogP contribution is -3.07. The van der Waals surface area contributed by atoms with Crippen LogP contribution in [-0.4, -0.2) is 47.7 Å². The molecule has 1 atom stereocenters. The molecule has 1 fully saturated rings. The molecule has 0 spiro atoms. The number of hydrogen-bond acceptors (Lipinski definition) is 4. The summed E-state index contributed by atoms with van der Waals surface area (Å²) in [5, 5.41) is 4.84. The second-order valence-corrected chi connectivity index (χ2v) is 7.97. The SMILES string of the molecule is CC(C)Cn1c(N2CCOCC2)nn(C[NH+](C)Cc2cccc(F)c2)c1=S. The Balaban J connectivity index is 1.79. The van der Waals surface area contributed by atoms with Crippen LogP contribution in [0.15, 0.2) is 24.3 Å². The number of anilines is 1. The number of halogens is 1. The molecule has 2 heterocycles. The third-order valence-electron chi connectivity index (χ3n) is 4.56. The van der Waals surface area contributed by atoms with Crippen molar-refractivity contribution in [2.24, 2.45) is 5.92 Å². The molecular weight excluding hydrogens is 365 g/mol. The molecule has 27 heavy (non-hydrogen) atoms. The maximum atomic E-state index is 13.4. The molecule has 0 aliphatic carbocycles. The third kappa shape index (κ3) is 5.15. The van der Waals surface area contributed by atoms with Crippen molar-refractivity contribution in [1.82, 2.24) is 14.3 Å². The molecule has 0 saturated carbocycles. The van der Waals surface area contributed by atoms with Gasteiger partial charge in [-0.15, -0.1) is 5.10 Å². The van der Waals surface area contributed by atoms with Crippen LogP contribution in [0.2, 0.25) is 0 Å². The van der Waals surface area contributed by atoms with E-state index in [0.29, 0.717) is 32.3 Å². The number of benzene rings is 1. The Morgan fingerprint density at radius 2 is 2.04 bits per heavy atom. The summed E-state index contributed by atoms with van der Waals surface area (Å²) in [4.78, 5) is 3.44. The van der Waals surface area contributed by atoms with Crippen molar-refractivity contribution in [3.8, 4) is 0 Å². The summed E-state index contributed by atoms with van der Waals surface area (Å²) in [6.45, 7) is 9.65. The number of morpholine rings is 1. The van der Waals surface area contributed by atoms with E-state index in [1.807, 2.05) is 10.7 Å². The van der Waals surface area contributed by atoms with E-state index in [0.717, 1.165) is 35.9 Å². The van der Waals surface area contributed by atoms with Gasteiger partial charge in [-0.25, -0.2) is 4.39 Å². The second kappa shape index (κ2) is 8.95. The van der Waals surface area contributed by atoms with Gasteiger partial charge in [-0.1, -0.05) is 26.0 Å². The van der Waals surface area contributed by atoms with Gasteiger partial charge in [0.2, 0.25) is 10.7 Å². The van der Waals surface area contributed by atoms with Gasteiger partial charge < -0.3 is 14.5 Å². The Hall–Kier alpha value is -1.77. The van der Waals surface area contributed by atoms with Crippen LogP contribution in [0.5, 0.6) is 0 Å². The Morgan fingerprint density at radius 3 is 2.70 bits per heavy atom. The average Bonchev–Trinajstić information content (AvgIpc) is 2.91. The van der Waals surface area contributed by atoms with Gasteiger partial charge in [-0.3, -0.25) is 4.57 Å².